The van der Waals surface area contributed by atoms with Gasteiger partial charge in [0.15, 0.2) is 0 Å². The number of anilines is 2. The van der Waals surface area contributed by atoms with Crippen LogP contribution in [-0.2, 0) is 10.2 Å². The predicted molar refractivity (Wildman–Crippen MR) is 105 cm³/mol. The summed E-state index contributed by atoms with van der Waals surface area (Å²) in [7, 11) is 5.65. The molecule has 26 heavy (non-hydrogen) atoms. The molecule has 5 heteroatoms. The van der Waals surface area contributed by atoms with Crippen molar-refractivity contribution in [3.8, 4) is 5.75 Å². The van der Waals surface area contributed by atoms with Crippen molar-refractivity contribution in [2.24, 2.45) is 0 Å². The molecule has 1 aliphatic rings. The van der Waals surface area contributed by atoms with E-state index in [0.29, 0.717) is 0 Å². The normalized spacial score (nSPS) is 14.9. The van der Waals surface area contributed by atoms with Crippen molar-refractivity contribution < 1.29 is 9.53 Å². The summed E-state index contributed by atoms with van der Waals surface area (Å²) in [6, 6.07) is 13.8. The fourth-order valence-electron chi connectivity index (χ4n) is 3.46. The summed E-state index contributed by atoms with van der Waals surface area (Å²) >= 11 is 0. The van der Waals surface area contributed by atoms with Crippen LogP contribution in [0.4, 0.5) is 11.4 Å². The van der Waals surface area contributed by atoms with Crippen LogP contribution < -0.4 is 15.0 Å². The first-order valence-corrected chi connectivity index (χ1v) is 8.78. The Morgan fingerprint density at radius 3 is 2.50 bits per heavy atom. The number of ether oxygens (including phenoxy) is 1. The molecule has 0 atom stereocenters. The van der Waals surface area contributed by atoms with Crippen molar-refractivity contribution >= 4 is 28.2 Å². The standard InChI is InChI=1S/C21H23N3O2/c1-24(2)15-6-4-14(5-7-15)23-20(25)21(10-11-21)18-13-22-19-9-8-16(26-3)12-17(18)19/h4-9,12-13,22H,10-11H2,1-3H3,(H,23,25). The van der Waals surface area contributed by atoms with Crippen molar-refractivity contribution in [1.29, 1.82) is 0 Å². The molecule has 1 fully saturated rings. The molecule has 0 unspecified atom stereocenters. The Morgan fingerprint density at radius 2 is 1.88 bits per heavy atom. The number of hydrogen-bond donors (Lipinski definition) is 2. The number of carbonyl (C=O) groups excluding carboxylic acids is 1. The zero-order valence-corrected chi connectivity index (χ0v) is 15.3. The van der Waals surface area contributed by atoms with E-state index < -0.39 is 5.41 Å². The summed E-state index contributed by atoms with van der Waals surface area (Å²) < 4.78 is 5.35. The van der Waals surface area contributed by atoms with Gasteiger partial charge in [0, 0.05) is 42.6 Å². The molecule has 1 saturated carbocycles. The maximum Gasteiger partial charge on any atom is 0.235 e. The van der Waals surface area contributed by atoms with E-state index in [4.69, 9.17) is 4.74 Å². The fourth-order valence-corrected chi connectivity index (χ4v) is 3.46. The Balaban J connectivity index is 1.61. The second-order valence-electron chi connectivity index (χ2n) is 7.09. The number of aromatic nitrogens is 1. The third-order valence-electron chi connectivity index (χ3n) is 5.23. The van der Waals surface area contributed by atoms with Gasteiger partial charge in [-0.2, -0.15) is 0 Å². The van der Waals surface area contributed by atoms with Crippen LogP contribution in [0, 0.1) is 0 Å². The average Bonchev–Trinajstić information content (AvgIpc) is 3.35. The highest BCUT2D eigenvalue weighted by Crippen LogP contribution is 2.51. The molecule has 0 spiro atoms. The molecule has 0 saturated heterocycles. The zero-order chi connectivity index (χ0) is 18.3. The number of hydrogen-bond acceptors (Lipinski definition) is 3. The van der Waals surface area contributed by atoms with Gasteiger partial charge in [-0.25, -0.2) is 0 Å². The van der Waals surface area contributed by atoms with Gasteiger partial charge in [0.1, 0.15) is 5.75 Å². The lowest BCUT2D eigenvalue weighted by Crippen LogP contribution is -2.27. The first-order chi connectivity index (χ1) is 12.5. The lowest BCUT2D eigenvalue weighted by molar-refractivity contribution is -0.118. The summed E-state index contributed by atoms with van der Waals surface area (Å²) in [5, 5.41) is 4.15. The van der Waals surface area contributed by atoms with E-state index in [1.54, 1.807) is 7.11 Å². The summed E-state index contributed by atoms with van der Waals surface area (Å²) in [5.41, 5.74) is 3.55. The molecule has 0 aliphatic heterocycles. The van der Waals surface area contributed by atoms with Gasteiger partial charge in [-0.15, -0.1) is 0 Å². The molecule has 3 aromatic rings. The van der Waals surface area contributed by atoms with Crippen molar-refractivity contribution in [1.82, 2.24) is 4.98 Å². The first kappa shape index (κ1) is 16.5. The van der Waals surface area contributed by atoms with Gasteiger partial charge in [-0.3, -0.25) is 4.79 Å². The Labute approximate surface area is 153 Å². The molecule has 2 N–H and O–H groups in total. The number of H-pyrrole nitrogens is 1. The van der Waals surface area contributed by atoms with Crippen molar-refractivity contribution in [2.45, 2.75) is 18.3 Å². The molecule has 134 valence electrons. The molecular weight excluding hydrogens is 326 g/mol. The van der Waals surface area contributed by atoms with Crippen LogP contribution in [0.5, 0.6) is 5.75 Å². The van der Waals surface area contributed by atoms with Gasteiger partial charge in [0.2, 0.25) is 5.91 Å². The molecule has 1 aliphatic carbocycles. The van der Waals surface area contributed by atoms with Gasteiger partial charge >= 0.3 is 0 Å². The lowest BCUT2D eigenvalue weighted by atomic mass is 9.94. The molecule has 0 bridgehead atoms. The maximum atomic E-state index is 13.0. The molecule has 1 amide bonds. The van der Waals surface area contributed by atoms with Crippen LogP contribution in [0.1, 0.15) is 18.4 Å². The number of carbonyl (C=O) groups is 1. The fraction of sp³-hybridized carbons (Fsp3) is 0.286. The molecule has 5 nitrogen and oxygen atoms in total. The number of fused-ring (bicyclic) bond motifs is 1. The molecule has 0 radical (unpaired) electrons. The highest BCUT2D eigenvalue weighted by molar-refractivity contribution is 6.04. The van der Waals surface area contributed by atoms with Gasteiger partial charge < -0.3 is 19.9 Å². The van der Waals surface area contributed by atoms with Crippen LogP contribution in [0.25, 0.3) is 10.9 Å². The molecule has 1 aromatic heterocycles. The largest absolute Gasteiger partial charge is 0.497 e. The number of amides is 1. The van der Waals surface area contributed by atoms with Crippen LogP contribution in [0.15, 0.2) is 48.7 Å². The second-order valence-corrected chi connectivity index (χ2v) is 7.09. The smallest absolute Gasteiger partial charge is 0.235 e. The minimum atomic E-state index is -0.454. The zero-order valence-electron chi connectivity index (χ0n) is 15.3. The highest BCUT2D eigenvalue weighted by atomic mass is 16.5. The first-order valence-electron chi connectivity index (χ1n) is 8.78. The molecule has 4 rings (SSSR count). The third-order valence-corrected chi connectivity index (χ3v) is 5.23. The number of aromatic amines is 1. The number of benzene rings is 2. The van der Waals surface area contributed by atoms with E-state index in [9.17, 15) is 4.79 Å². The van der Waals surface area contributed by atoms with E-state index in [1.165, 1.54) is 0 Å². The van der Waals surface area contributed by atoms with E-state index in [-0.39, 0.29) is 5.91 Å². The molecular formula is C21H23N3O2. The Morgan fingerprint density at radius 1 is 1.15 bits per heavy atom. The van der Waals surface area contributed by atoms with Crippen LogP contribution in [0.3, 0.4) is 0 Å². The minimum Gasteiger partial charge on any atom is -0.497 e. The van der Waals surface area contributed by atoms with Gasteiger partial charge in [-0.05, 0) is 60.9 Å². The van der Waals surface area contributed by atoms with E-state index >= 15 is 0 Å². The number of rotatable bonds is 5. The minimum absolute atomic E-state index is 0.0545. The molecule has 2 aromatic carbocycles. The van der Waals surface area contributed by atoms with Gasteiger partial charge in [0.05, 0.1) is 12.5 Å². The lowest BCUT2D eigenvalue weighted by Gasteiger charge is -2.17. The quantitative estimate of drug-likeness (QED) is 0.734. The summed E-state index contributed by atoms with van der Waals surface area (Å²) in [6.45, 7) is 0. The topological polar surface area (TPSA) is 57.4 Å². The van der Waals surface area contributed by atoms with Gasteiger partial charge in [-0.1, -0.05) is 0 Å². The third kappa shape index (κ3) is 2.69. The number of nitrogens with zero attached hydrogens (tertiary/aromatic N) is 1. The summed E-state index contributed by atoms with van der Waals surface area (Å²) in [4.78, 5) is 18.4. The van der Waals surface area contributed by atoms with E-state index in [2.05, 4.69) is 10.3 Å². The predicted octanol–water partition coefficient (Wildman–Crippen LogP) is 3.91. The van der Waals surface area contributed by atoms with Crippen molar-refractivity contribution in [2.75, 3.05) is 31.4 Å². The summed E-state index contributed by atoms with van der Waals surface area (Å²) in [5.74, 6) is 0.854. The maximum absolute atomic E-state index is 13.0. The second kappa shape index (κ2) is 6.09. The Kier molecular flexibility index (Phi) is 3.87. The number of methoxy groups -OCH3 is 1. The average molecular weight is 349 g/mol. The van der Waals surface area contributed by atoms with Crippen molar-refractivity contribution in [3.05, 3.63) is 54.2 Å². The van der Waals surface area contributed by atoms with Gasteiger partial charge in [0.25, 0.3) is 0 Å². The molecule has 1 heterocycles. The van der Waals surface area contributed by atoms with E-state index in [1.807, 2.05) is 67.7 Å². The highest BCUT2D eigenvalue weighted by Gasteiger charge is 2.52. The SMILES string of the molecule is COc1ccc2[nH]cc(C3(C(=O)Nc4ccc(N(C)C)cc4)CC3)c2c1. The number of nitrogens with one attached hydrogen (secondary N) is 2. The van der Waals surface area contributed by atoms with Crippen LogP contribution >= 0.6 is 0 Å². The van der Waals surface area contributed by atoms with Crippen LogP contribution in [-0.4, -0.2) is 32.1 Å². The Hall–Kier alpha value is -2.95. The van der Waals surface area contributed by atoms with E-state index in [0.717, 1.165) is 46.4 Å². The van der Waals surface area contributed by atoms with Crippen LogP contribution in [0.2, 0.25) is 0 Å². The Bertz CT molecular complexity index is 953. The summed E-state index contributed by atoms with van der Waals surface area (Å²) in [6.07, 6.45) is 3.68. The monoisotopic (exact) mass is 349 g/mol. The van der Waals surface area contributed by atoms with Crippen molar-refractivity contribution in [3.63, 3.8) is 0 Å².